The Morgan fingerprint density at radius 2 is 2.23 bits per heavy atom. The van der Waals surface area contributed by atoms with Crippen LogP contribution in [0.15, 0.2) is 35.1 Å². The Labute approximate surface area is 130 Å². The van der Waals surface area contributed by atoms with E-state index in [4.69, 9.17) is 0 Å². The number of rotatable bonds is 2. The second kappa shape index (κ2) is 4.48. The van der Waals surface area contributed by atoms with E-state index in [2.05, 4.69) is 52.7 Å². The zero-order valence-corrected chi connectivity index (χ0v) is 12.9. The number of hydrogen-bond donors (Lipinski definition) is 2. The van der Waals surface area contributed by atoms with Gasteiger partial charge in [-0.3, -0.25) is 0 Å². The molecule has 3 aliphatic rings. The molecule has 1 aromatic heterocycles. The number of benzene rings is 1. The molecule has 0 saturated heterocycles. The lowest BCUT2D eigenvalue weighted by Gasteiger charge is -2.25. The van der Waals surface area contributed by atoms with Crippen LogP contribution in [-0.4, -0.2) is 11.2 Å². The number of aliphatic imine (C=N–C) groups is 1. The van der Waals surface area contributed by atoms with Crippen molar-refractivity contribution < 1.29 is 0 Å². The molecular weight excluding hydrogens is 270 g/mol. The van der Waals surface area contributed by atoms with Gasteiger partial charge in [0.25, 0.3) is 0 Å². The van der Waals surface area contributed by atoms with Gasteiger partial charge < -0.3 is 10.3 Å². The third kappa shape index (κ3) is 1.92. The maximum atomic E-state index is 4.60. The molecule has 1 saturated carbocycles. The van der Waals surface area contributed by atoms with Crippen LogP contribution in [0.1, 0.15) is 42.1 Å². The largest absolute Gasteiger partial charge is 0.362 e. The molecule has 3 unspecified atom stereocenters. The van der Waals surface area contributed by atoms with E-state index in [1.54, 1.807) is 0 Å². The van der Waals surface area contributed by atoms with E-state index in [-0.39, 0.29) is 0 Å². The molecule has 0 spiro atoms. The summed E-state index contributed by atoms with van der Waals surface area (Å²) in [5.41, 5.74) is 5.49. The van der Waals surface area contributed by atoms with Crippen molar-refractivity contribution in [3.05, 3.63) is 46.9 Å². The summed E-state index contributed by atoms with van der Waals surface area (Å²) in [6.07, 6.45) is 9.35. The van der Waals surface area contributed by atoms with E-state index in [9.17, 15) is 0 Å². The maximum Gasteiger partial charge on any atom is 0.122 e. The van der Waals surface area contributed by atoms with Gasteiger partial charge >= 0.3 is 0 Å². The second-order valence-corrected chi connectivity index (χ2v) is 7.05. The molecule has 3 heteroatoms. The van der Waals surface area contributed by atoms with Gasteiger partial charge in [0, 0.05) is 28.7 Å². The SMILES string of the molecule is Cc1ccc2[nH]c3c(c2c1)CCCC3NC1=CC2CC2C=N1. The van der Waals surface area contributed by atoms with Gasteiger partial charge in [0.2, 0.25) is 0 Å². The van der Waals surface area contributed by atoms with E-state index in [1.165, 1.54) is 53.4 Å². The molecule has 3 atom stereocenters. The van der Waals surface area contributed by atoms with Crippen LogP contribution in [0, 0.1) is 18.8 Å². The zero-order valence-electron chi connectivity index (χ0n) is 12.9. The van der Waals surface area contributed by atoms with Crippen LogP contribution in [-0.2, 0) is 6.42 Å². The predicted molar refractivity (Wildman–Crippen MR) is 90.0 cm³/mol. The van der Waals surface area contributed by atoms with Gasteiger partial charge in [-0.15, -0.1) is 0 Å². The maximum absolute atomic E-state index is 4.60. The molecule has 0 amide bonds. The predicted octanol–water partition coefficient (Wildman–Crippen LogP) is 4.01. The molecule has 1 fully saturated rings. The highest BCUT2D eigenvalue weighted by atomic mass is 15.1. The van der Waals surface area contributed by atoms with Crippen molar-refractivity contribution in [2.24, 2.45) is 16.8 Å². The van der Waals surface area contributed by atoms with Gasteiger partial charge in [-0.1, -0.05) is 11.6 Å². The third-order valence-corrected chi connectivity index (χ3v) is 5.35. The molecule has 2 heterocycles. The number of allylic oxidation sites excluding steroid dienone is 1. The molecule has 112 valence electrons. The first-order chi connectivity index (χ1) is 10.8. The van der Waals surface area contributed by atoms with Gasteiger partial charge in [0.05, 0.1) is 6.04 Å². The molecule has 2 aromatic rings. The van der Waals surface area contributed by atoms with E-state index in [0.717, 1.165) is 17.7 Å². The number of hydrogen-bond acceptors (Lipinski definition) is 2. The standard InChI is InChI=1S/C19H21N3/c1-11-5-6-16-15(7-11)14-3-2-4-17(19(14)22-16)21-18-9-12-8-13(12)10-20-18/h5-7,9-10,12-13,17,21-22H,2-4,8H2,1H3. The van der Waals surface area contributed by atoms with E-state index in [1.807, 2.05) is 0 Å². The number of nitrogens with one attached hydrogen (secondary N) is 2. The van der Waals surface area contributed by atoms with Gasteiger partial charge in [-0.2, -0.15) is 0 Å². The van der Waals surface area contributed by atoms with Crippen molar-refractivity contribution in [1.29, 1.82) is 0 Å². The van der Waals surface area contributed by atoms with E-state index < -0.39 is 0 Å². The lowest BCUT2D eigenvalue weighted by molar-refractivity contribution is 0.488. The number of H-pyrrole nitrogens is 1. The summed E-state index contributed by atoms with van der Waals surface area (Å²) in [6.45, 7) is 2.17. The molecule has 5 rings (SSSR count). The van der Waals surface area contributed by atoms with Crippen LogP contribution in [0.5, 0.6) is 0 Å². The Hall–Kier alpha value is -2.03. The van der Waals surface area contributed by atoms with Crippen molar-refractivity contribution in [2.45, 2.75) is 38.6 Å². The van der Waals surface area contributed by atoms with Crippen LogP contribution >= 0.6 is 0 Å². The van der Waals surface area contributed by atoms with Gasteiger partial charge in [-0.25, -0.2) is 4.99 Å². The van der Waals surface area contributed by atoms with E-state index in [0.29, 0.717) is 6.04 Å². The Kier molecular flexibility index (Phi) is 2.55. The second-order valence-electron chi connectivity index (χ2n) is 7.05. The normalized spacial score (nSPS) is 29.0. The topological polar surface area (TPSA) is 40.2 Å². The van der Waals surface area contributed by atoms with Crippen LogP contribution < -0.4 is 5.32 Å². The van der Waals surface area contributed by atoms with Crippen LogP contribution in [0.25, 0.3) is 10.9 Å². The first-order valence-corrected chi connectivity index (χ1v) is 8.41. The molecule has 1 aromatic carbocycles. The molecule has 3 nitrogen and oxygen atoms in total. The lowest BCUT2D eigenvalue weighted by Crippen LogP contribution is -2.25. The quantitative estimate of drug-likeness (QED) is 0.862. The minimum Gasteiger partial charge on any atom is -0.362 e. The Bertz CT molecular complexity index is 811. The Balaban J connectivity index is 1.51. The first-order valence-electron chi connectivity index (χ1n) is 8.41. The fourth-order valence-corrected chi connectivity index (χ4v) is 4.01. The molecule has 22 heavy (non-hydrogen) atoms. The molecule has 0 bridgehead atoms. The highest BCUT2D eigenvalue weighted by Gasteiger charge is 2.36. The summed E-state index contributed by atoms with van der Waals surface area (Å²) in [4.78, 5) is 8.26. The highest BCUT2D eigenvalue weighted by Crippen LogP contribution is 2.42. The number of aromatic amines is 1. The number of aryl methyl sites for hydroxylation is 2. The van der Waals surface area contributed by atoms with Crippen molar-refractivity contribution in [3.63, 3.8) is 0 Å². The summed E-state index contributed by atoms with van der Waals surface area (Å²) in [6, 6.07) is 7.09. The number of fused-ring (bicyclic) bond motifs is 4. The smallest absolute Gasteiger partial charge is 0.122 e. The third-order valence-electron chi connectivity index (χ3n) is 5.35. The number of nitrogens with zero attached hydrogens (tertiary/aromatic N) is 1. The summed E-state index contributed by atoms with van der Waals surface area (Å²) >= 11 is 0. The van der Waals surface area contributed by atoms with Gasteiger partial charge in [0.15, 0.2) is 0 Å². The Morgan fingerprint density at radius 3 is 3.14 bits per heavy atom. The van der Waals surface area contributed by atoms with Crippen molar-refractivity contribution in [2.75, 3.05) is 0 Å². The fourth-order valence-electron chi connectivity index (χ4n) is 4.01. The minimum absolute atomic E-state index is 0.371. The summed E-state index contributed by atoms with van der Waals surface area (Å²) in [5.74, 6) is 2.54. The average Bonchev–Trinajstić information content (AvgIpc) is 3.20. The first kappa shape index (κ1) is 12.5. The summed E-state index contributed by atoms with van der Waals surface area (Å²) in [7, 11) is 0. The zero-order chi connectivity index (χ0) is 14.7. The molecular formula is C19H21N3. The lowest BCUT2D eigenvalue weighted by atomic mass is 9.91. The van der Waals surface area contributed by atoms with Crippen molar-refractivity contribution in [3.8, 4) is 0 Å². The summed E-state index contributed by atoms with van der Waals surface area (Å²) < 4.78 is 0. The molecule has 0 radical (unpaired) electrons. The van der Waals surface area contributed by atoms with Crippen LogP contribution in [0.3, 0.4) is 0 Å². The van der Waals surface area contributed by atoms with Gasteiger partial charge in [-0.05, 0) is 62.3 Å². The summed E-state index contributed by atoms with van der Waals surface area (Å²) in [5, 5.41) is 5.09. The van der Waals surface area contributed by atoms with Crippen LogP contribution in [0.2, 0.25) is 0 Å². The molecule has 2 aliphatic carbocycles. The number of aromatic nitrogens is 1. The monoisotopic (exact) mass is 291 g/mol. The van der Waals surface area contributed by atoms with Gasteiger partial charge in [0.1, 0.15) is 5.82 Å². The Morgan fingerprint density at radius 1 is 1.27 bits per heavy atom. The fraction of sp³-hybridized carbons (Fsp3) is 0.421. The highest BCUT2D eigenvalue weighted by molar-refractivity contribution is 5.85. The minimum atomic E-state index is 0.371. The van der Waals surface area contributed by atoms with Crippen molar-refractivity contribution >= 4 is 17.1 Å². The average molecular weight is 291 g/mol. The molecule has 1 aliphatic heterocycles. The van der Waals surface area contributed by atoms with Crippen molar-refractivity contribution in [1.82, 2.24) is 10.3 Å². The van der Waals surface area contributed by atoms with Crippen LogP contribution in [0.4, 0.5) is 0 Å². The molecule has 2 N–H and O–H groups in total. The van der Waals surface area contributed by atoms with E-state index >= 15 is 0 Å².